The minimum Gasteiger partial charge on any atom is -0.388 e. The van der Waals surface area contributed by atoms with Crippen molar-refractivity contribution >= 4 is 41.4 Å². The number of hydrogen-bond donors (Lipinski definition) is 3. The molecule has 4 nitrogen and oxygen atoms in total. The fourth-order valence-corrected chi connectivity index (χ4v) is 2.40. The van der Waals surface area contributed by atoms with Gasteiger partial charge in [-0.25, -0.2) is 0 Å². The Morgan fingerprint density at radius 3 is 1.89 bits per heavy atom. The SMILES string of the molecule is CNCCC(=O)c1ccc(Cl)cc1.CNCC[C@@H](O)c1ccc(Cl)cc1.Cl. The lowest BCUT2D eigenvalue weighted by Crippen LogP contribution is -2.12. The molecule has 0 heterocycles. The first kappa shape index (κ1) is 25.9. The highest BCUT2D eigenvalue weighted by atomic mass is 35.5. The standard InChI is InChI=1S/C10H14ClNO.C10H12ClNO.ClH/c2*1-12-7-6-10(13)8-2-4-9(11)5-3-8;/h2-5,10,12-13H,6-7H2,1H3;2-5,12H,6-7H2,1H3;1H/t10-;;/m1../s1. The lowest BCUT2D eigenvalue weighted by Gasteiger charge is -2.10. The number of ketones is 1. The van der Waals surface area contributed by atoms with Crippen LogP contribution in [-0.4, -0.2) is 38.1 Å². The molecule has 0 fully saturated rings. The Bertz CT molecular complexity index is 649. The summed E-state index contributed by atoms with van der Waals surface area (Å²) in [5, 5.41) is 16.9. The van der Waals surface area contributed by atoms with Gasteiger partial charge in [0.25, 0.3) is 0 Å². The van der Waals surface area contributed by atoms with Crippen LogP contribution in [0.25, 0.3) is 0 Å². The first-order valence-electron chi connectivity index (χ1n) is 8.49. The number of nitrogens with one attached hydrogen (secondary N) is 2. The molecule has 0 aliphatic carbocycles. The minimum atomic E-state index is -0.398. The van der Waals surface area contributed by atoms with Crippen LogP contribution in [0.3, 0.4) is 0 Å². The van der Waals surface area contributed by atoms with Gasteiger partial charge in [-0.05, 0) is 69.0 Å². The summed E-state index contributed by atoms with van der Waals surface area (Å²) in [6.45, 7) is 1.52. The molecule has 0 radical (unpaired) electrons. The number of aliphatic hydroxyl groups is 1. The highest BCUT2D eigenvalue weighted by Crippen LogP contribution is 2.18. The molecule has 2 rings (SSSR count). The molecule has 0 saturated heterocycles. The van der Waals surface area contributed by atoms with Crippen LogP contribution in [0.1, 0.15) is 34.9 Å². The summed E-state index contributed by atoms with van der Waals surface area (Å²) in [4.78, 5) is 11.4. The van der Waals surface area contributed by atoms with Crippen molar-refractivity contribution in [1.29, 1.82) is 0 Å². The summed E-state index contributed by atoms with van der Waals surface area (Å²) in [7, 11) is 3.70. The Kier molecular flexibility index (Phi) is 14.2. The van der Waals surface area contributed by atoms with Crippen LogP contribution in [0, 0.1) is 0 Å². The van der Waals surface area contributed by atoms with E-state index in [1.807, 2.05) is 26.2 Å². The van der Waals surface area contributed by atoms with Gasteiger partial charge in [0, 0.05) is 28.6 Å². The number of carbonyl (C=O) groups excluding carboxylic acids is 1. The van der Waals surface area contributed by atoms with Crippen LogP contribution in [0.5, 0.6) is 0 Å². The highest BCUT2D eigenvalue weighted by Gasteiger charge is 2.05. The fourth-order valence-electron chi connectivity index (χ4n) is 2.15. The zero-order valence-electron chi connectivity index (χ0n) is 15.5. The van der Waals surface area contributed by atoms with E-state index in [1.165, 1.54) is 0 Å². The van der Waals surface area contributed by atoms with Crippen molar-refractivity contribution in [2.24, 2.45) is 0 Å². The summed E-state index contributed by atoms with van der Waals surface area (Å²) in [6.07, 6.45) is 0.848. The Hall–Kier alpha value is -1.14. The van der Waals surface area contributed by atoms with Gasteiger partial charge in [-0.1, -0.05) is 35.3 Å². The second kappa shape index (κ2) is 14.9. The second-order valence-electron chi connectivity index (χ2n) is 5.74. The quantitative estimate of drug-likeness (QED) is 0.535. The Balaban J connectivity index is 0.000000483. The summed E-state index contributed by atoms with van der Waals surface area (Å²) in [6, 6.07) is 14.2. The Labute approximate surface area is 177 Å². The van der Waals surface area contributed by atoms with E-state index in [2.05, 4.69) is 10.6 Å². The van der Waals surface area contributed by atoms with Gasteiger partial charge in [-0.2, -0.15) is 0 Å². The van der Waals surface area contributed by atoms with Crippen molar-refractivity contribution in [2.45, 2.75) is 18.9 Å². The van der Waals surface area contributed by atoms with E-state index in [-0.39, 0.29) is 18.2 Å². The molecule has 150 valence electrons. The van der Waals surface area contributed by atoms with Crippen LogP contribution in [-0.2, 0) is 0 Å². The molecule has 3 N–H and O–H groups in total. The van der Waals surface area contributed by atoms with E-state index in [1.54, 1.807) is 36.4 Å². The number of rotatable bonds is 8. The maximum atomic E-state index is 11.4. The van der Waals surface area contributed by atoms with Gasteiger partial charge in [0.05, 0.1) is 6.10 Å². The molecule has 0 bridgehead atoms. The summed E-state index contributed by atoms with van der Waals surface area (Å²) in [5.74, 6) is 0.144. The van der Waals surface area contributed by atoms with Crippen molar-refractivity contribution in [3.63, 3.8) is 0 Å². The molecular formula is C20H27Cl3N2O2. The number of halogens is 3. The summed E-state index contributed by atoms with van der Waals surface area (Å²) < 4.78 is 0. The molecule has 7 heteroatoms. The molecule has 0 aliphatic rings. The normalized spacial score (nSPS) is 11.0. The zero-order valence-corrected chi connectivity index (χ0v) is 17.9. The average Bonchev–Trinajstić information content (AvgIpc) is 2.66. The van der Waals surface area contributed by atoms with E-state index in [0.717, 1.165) is 24.1 Å². The predicted molar refractivity (Wildman–Crippen MR) is 117 cm³/mol. The van der Waals surface area contributed by atoms with Gasteiger partial charge in [-0.3, -0.25) is 4.79 Å². The molecule has 2 aromatic carbocycles. The van der Waals surface area contributed by atoms with Crippen molar-refractivity contribution in [2.75, 3.05) is 27.2 Å². The Morgan fingerprint density at radius 2 is 1.41 bits per heavy atom. The largest absolute Gasteiger partial charge is 0.388 e. The van der Waals surface area contributed by atoms with E-state index in [9.17, 15) is 9.90 Å². The van der Waals surface area contributed by atoms with Gasteiger partial charge >= 0.3 is 0 Å². The average molecular weight is 434 g/mol. The molecule has 0 aromatic heterocycles. The van der Waals surface area contributed by atoms with Crippen LogP contribution in [0.15, 0.2) is 48.5 Å². The molecule has 0 amide bonds. The van der Waals surface area contributed by atoms with E-state index in [4.69, 9.17) is 23.2 Å². The molecule has 0 unspecified atom stereocenters. The number of benzene rings is 2. The topological polar surface area (TPSA) is 61.4 Å². The predicted octanol–water partition coefficient (Wildman–Crippen LogP) is 4.54. The Morgan fingerprint density at radius 1 is 0.926 bits per heavy atom. The van der Waals surface area contributed by atoms with Crippen LogP contribution < -0.4 is 10.6 Å². The third kappa shape index (κ3) is 10.7. The van der Waals surface area contributed by atoms with Gasteiger partial charge in [-0.15, -0.1) is 12.4 Å². The molecule has 2 aromatic rings. The van der Waals surface area contributed by atoms with Gasteiger partial charge < -0.3 is 15.7 Å². The van der Waals surface area contributed by atoms with E-state index < -0.39 is 6.10 Å². The third-order valence-corrected chi connectivity index (χ3v) is 4.19. The van der Waals surface area contributed by atoms with Crippen molar-refractivity contribution < 1.29 is 9.90 Å². The molecule has 0 aliphatic heterocycles. The van der Waals surface area contributed by atoms with E-state index in [0.29, 0.717) is 23.0 Å². The smallest absolute Gasteiger partial charge is 0.164 e. The number of aliphatic hydroxyl groups excluding tert-OH is 1. The first-order valence-corrected chi connectivity index (χ1v) is 9.25. The fraction of sp³-hybridized carbons (Fsp3) is 0.350. The van der Waals surface area contributed by atoms with E-state index >= 15 is 0 Å². The van der Waals surface area contributed by atoms with Gasteiger partial charge in [0.2, 0.25) is 0 Å². The lowest BCUT2D eigenvalue weighted by molar-refractivity contribution is 0.0983. The third-order valence-electron chi connectivity index (χ3n) is 3.69. The van der Waals surface area contributed by atoms with Gasteiger partial charge in [0.15, 0.2) is 5.78 Å². The zero-order chi connectivity index (χ0) is 19.4. The molecular weight excluding hydrogens is 407 g/mol. The maximum absolute atomic E-state index is 11.4. The monoisotopic (exact) mass is 432 g/mol. The maximum Gasteiger partial charge on any atom is 0.164 e. The number of hydrogen-bond acceptors (Lipinski definition) is 4. The molecule has 27 heavy (non-hydrogen) atoms. The highest BCUT2D eigenvalue weighted by molar-refractivity contribution is 6.30. The molecule has 0 saturated carbocycles. The summed E-state index contributed by atoms with van der Waals surface area (Å²) >= 11 is 11.4. The lowest BCUT2D eigenvalue weighted by atomic mass is 10.1. The second-order valence-corrected chi connectivity index (χ2v) is 6.62. The summed E-state index contributed by atoms with van der Waals surface area (Å²) in [5.41, 5.74) is 1.64. The van der Waals surface area contributed by atoms with Crippen molar-refractivity contribution in [3.8, 4) is 0 Å². The van der Waals surface area contributed by atoms with Crippen molar-refractivity contribution in [1.82, 2.24) is 10.6 Å². The molecule has 1 atom stereocenters. The number of Topliss-reactive ketones (excluding diaryl/α,β-unsaturated/α-hetero) is 1. The molecule has 0 spiro atoms. The number of carbonyl (C=O) groups is 1. The minimum absolute atomic E-state index is 0. The van der Waals surface area contributed by atoms with Gasteiger partial charge in [0.1, 0.15) is 0 Å². The van der Waals surface area contributed by atoms with Crippen LogP contribution in [0.4, 0.5) is 0 Å². The van der Waals surface area contributed by atoms with Crippen LogP contribution in [0.2, 0.25) is 10.0 Å². The first-order chi connectivity index (χ1) is 12.5. The van der Waals surface area contributed by atoms with Crippen molar-refractivity contribution in [3.05, 3.63) is 69.7 Å². The van der Waals surface area contributed by atoms with Crippen LogP contribution >= 0.6 is 35.6 Å².